The van der Waals surface area contributed by atoms with E-state index < -0.39 is 16.0 Å². The van der Waals surface area contributed by atoms with Crippen molar-refractivity contribution in [3.05, 3.63) is 35.5 Å². The minimum atomic E-state index is -3.10. The van der Waals surface area contributed by atoms with E-state index in [1.807, 2.05) is 0 Å². The van der Waals surface area contributed by atoms with E-state index in [-0.39, 0.29) is 16.7 Å². The van der Waals surface area contributed by atoms with Gasteiger partial charge in [0.15, 0.2) is 0 Å². The molecule has 0 aromatic carbocycles. The summed E-state index contributed by atoms with van der Waals surface area (Å²) in [4.78, 5) is 14.1. The van der Waals surface area contributed by atoms with Gasteiger partial charge in [0.1, 0.15) is 0 Å². The summed E-state index contributed by atoms with van der Waals surface area (Å²) in [6.07, 6.45) is 20.3. The molecule has 0 bridgehead atoms. The Morgan fingerprint density at radius 1 is 0.923 bits per heavy atom. The normalized spacial score (nSPS) is 43.7. The molecule has 0 amide bonds. The van der Waals surface area contributed by atoms with E-state index in [4.69, 9.17) is 0 Å². The molecule has 10 atom stereocenters. The molecule has 0 aromatic rings. The van der Waals surface area contributed by atoms with Crippen molar-refractivity contribution in [2.75, 3.05) is 52.1 Å². The fraction of sp³-hybridized carbons (Fsp3) is 0.841. The molecule has 1 aliphatic heterocycles. The fourth-order valence-electron chi connectivity index (χ4n) is 14.9. The van der Waals surface area contributed by atoms with Crippen LogP contribution in [0, 0.1) is 62.6 Å². The highest BCUT2D eigenvalue weighted by atomic mass is 32.2. The fourth-order valence-corrected chi connectivity index (χ4v) is 15.7. The number of rotatable bonds is 9. The molecule has 7 rings (SSSR count). The molecule has 6 aliphatic carbocycles. The van der Waals surface area contributed by atoms with Crippen molar-refractivity contribution in [2.24, 2.45) is 62.6 Å². The van der Waals surface area contributed by atoms with Crippen LogP contribution >= 0.6 is 0 Å². The summed E-state index contributed by atoms with van der Waals surface area (Å²) in [5, 5.41) is 13.6. The molecule has 7 nitrogen and oxygen atoms in total. The first kappa shape index (κ1) is 38.8. The van der Waals surface area contributed by atoms with Crippen LogP contribution in [0.15, 0.2) is 35.5 Å². The lowest BCUT2D eigenvalue weighted by Gasteiger charge is -2.72. The van der Waals surface area contributed by atoms with Crippen LogP contribution in [0.1, 0.15) is 119 Å². The highest BCUT2D eigenvalue weighted by Gasteiger charge is 2.70. The Kier molecular flexibility index (Phi) is 10.2. The zero-order chi connectivity index (χ0) is 37.5. The van der Waals surface area contributed by atoms with Gasteiger partial charge in [-0.25, -0.2) is 8.42 Å². The number of fused-ring (bicyclic) bond motifs is 7. The molecule has 8 heteroatoms. The van der Waals surface area contributed by atoms with E-state index >= 15 is 0 Å². The lowest BCUT2D eigenvalue weighted by molar-refractivity contribution is -0.226. The SMILES string of the molecule is C=C(C)[C@@H]1CCC2(CNCCN3CCN(S(C)(=O)=O)CC3)CC[C@]3(C)C(CC[C@@H]4[C@@]5(C)CC=C(C6=CCC(C(=O)O)CC6)C(C)(C)[C@@H]5CC[C@]43C)[C@@H]12. The molecule has 0 radical (unpaired) electrons. The molecule has 2 N–H and O–H groups in total. The monoisotopic (exact) mass is 738 g/mol. The van der Waals surface area contributed by atoms with Crippen molar-refractivity contribution >= 4 is 16.0 Å². The summed E-state index contributed by atoms with van der Waals surface area (Å²) in [6, 6.07) is 0. The first-order chi connectivity index (χ1) is 24.4. The maximum Gasteiger partial charge on any atom is 0.306 e. The lowest BCUT2D eigenvalue weighted by Crippen LogP contribution is -2.66. The number of sulfonamides is 1. The average Bonchev–Trinajstić information content (AvgIpc) is 3.47. The van der Waals surface area contributed by atoms with Gasteiger partial charge in [-0.15, -0.1) is 0 Å². The standard InChI is InChI=1S/C44H71N3O4S/c1-30(2)33-15-20-44(29-45-23-24-46-25-27-47(28-26-46)52(8,50)51)22-21-42(6)35(38(33)44)13-14-37-41(5)18-16-34(31-9-11-32(12-10-31)39(48)49)40(3,4)36(41)17-19-43(37,42)7/h9,16,32-33,35-38,45H,1,10-15,17-29H2,2-8H3,(H,48,49)/t32?,33-,35?,36-,37+,38+,41-,42+,43+,44?/m0/s1. The van der Waals surface area contributed by atoms with E-state index in [1.54, 1.807) is 4.31 Å². The maximum atomic E-state index is 12.0. The predicted octanol–water partition coefficient (Wildman–Crippen LogP) is 8.16. The number of aliphatic carboxylic acids is 1. The number of allylic oxidation sites excluding steroid dienone is 5. The molecule has 5 fully saturated rings. The number of carbonyl (C=O) groups is 1. The number of carboxylic acid groups (broad SMARTS) is 1. The number of carboxylic acids is 1. The molecule has 52 heavy (non-hydrogen) atoms. The maximum absolute atomic E-state index is 12.0. The van der Waals surface area contributed by atoms with Crippen LogP contribution in [0.2, 0.25) is 0 Å². The Hall–Kier alpha value is -1.48. The molecular formula is C44H71N3O4S. The molecule has 0 aromatic heterocycles. The number of piperazine rings is 1. The second-order valence-electron chi connectivity index (χ2n) is 20.3. The van der Waals surface area contributed by atoms with Gasteiger partial charge in [-0.3, -0.25) is 9.69 Å². The van der Waals surface area contributed by atoms with Crippen molar-refractivity contribution in [3.8, 4) is 0 Å². The number of hydrogen-bond acceptors (Lipinski definition) is 5. The van der Waals surface area contributed by atoms with Crippen LogP contribution in [0.25, 0.3) is 0 Å². The van der Waals surface area contributed by atoms with Crippen molar-refractivity contribution in [1.29, 1.82) is 0 Å². The molecule has 292 valence electrons. The first-order valence-electron chi connectivity index (χ1n) is 21.0. The van der Waals surface area contributed by atoms with Gasteiger partial charge in [-0.05, 0) is 152 Å². The van der Waals surface area contributed by atoms with Crippen LogP contribution < -0.4 is 5.32 Å². The summed E-state index contributed by atoms with van der Waals surface area (Å²) >= 11 is 0. The number of hydrogen-bond donors (Lipinski definition) is 2. The first-order valence-corrected chi connectivity index (χ1v) is 22.9. The summed E-state index contributed by atoms with van der Waals surface area (Å²) in [5.74, 6) is 2.54. The highest BCUT2D eigenvalue weighted by Crippen LogP contribution is 2.77. The van der Waals surface area contributed by atoms with Crippen molar-refractivity contribution in [2.45, 2.75) is 119 Å². The molecule has 1 heterocycles. The Balaban J connectivity index is 1.08. The minimum Gasteiger partial charge on any atom is -0.481 e. The van der Waals surface area contributed by atoms with Crippen LogP contribution in [0.3, 0.4) is 0 Å². The van der Waals surface area contributed by atoms with Crippen molar-refractivity contribution in [3.63, 3.8) is 0 Å². The Morgan fingerprint density at radius 2 is 1.65 bits per heavy atom. The molecule has 7 aliphatic rings. The summed E-state index contributed by atoms with van der Waals surface area (Å²) in [5.41, 5.74) is 5.72. The molecule has 3 unspecified atom stereocenters. The van der Waals surface area contributed by atoms with Gasteiger partial charge >= 0.3 is 5.97 Å². The van der Waals surface area contributed by atoms with Crippen LogP contribution in [-0.4, -0.2) is 80.8 Å². The third-order valence-electron chi connectivity index (χ3n) is 17.8. The minimum absolute atomic E-state index is 0.0964. The van der Waals surface area contributed by atoms with Gasteiger partial charge in [0.05, 0.1) is 12.2 Å². The molecule has 4 saturated carbocycles. The van der Waals surface area contributed by atoms with E-state index in [9.17, 15) is 18.3 Å². The van der Waals surface area contributed by atoms with Gasteiger partial charge in [-0.2, -0.15) is 4.31 Å². The number of nitrogens with zero attached hydrogens (tertiary/aromatic N) is 2. The van der Waals surface area contributed by atoms with Crippen molar-refractivity contribution in [1.82, 2.24) is 14.5 Å². The van der Waals surface area contributed by atoms with E-state index in [0.717, 1.165) is 57.9 Å². The molecule has 0 spiro atoms. The predicted molar refractivity (Wildman–Crippen MR) is 211 cm³/mol. The third kappa shape index (κ3) is 6.15. The van der Waals surface area contributed by atoms with Crippen molar-refractivity contribution < 1.29 is 18.3 Å². The lowest BCUT2D eigenvalue weighted by atomic mass is 9.32. The summed E-state index contributed by atoms with van der Waals surface area (Å²) in [6.45, 7) is 26.0. The van der Waals surface area contributed by atoms with Crippen LogP contribution in [-0.2, 0) is 14.8 Å². The average molecular weight is 738 g/mol. The third-order valence-corrected chi connectivity index (χ3v) is 19.1. The van der Waals surface area contributed by atoms with E-state index in [0.29, 0.717) is 59.4 Å². The Bertz CT molecular complexity index is 1590. The second-order valence-corrected chi connectivity index (χ2v) is 22.3. The zero-order valence-electron chi connectivity index (χ0n) is 33.7. The number of nitrogens with one attached hydrogen (secondary N) is 1. The summed E-state index contributed by atoms with van der Waals surface area (Å²) in [7, 11) is -3.10. The van der Waals surface area contributed by atoms with Gasteiger partial charge in [0.2, 0.25) is 10.0 Å². The van der Waals surface area contributed by atoms with Crippen LogP contribution in [0.5, 0.6) is 0 Å². The highest BCUT2D eigenvalue weighted by molar-refractivity contribution is 7.88. The summed E-state index contributed by atoms with van der Waals surface area (Å²) < 4.78 is 25.6. The van der Waals surface area contributed by atoms with Gasteiger partial charge in [0, 0.05) is 45.8 Å². The Labute approximate surface area is 316 Å². The quantitative estimate of drug-likeness (QED) is 0.184. The molecular weight excluding hydrogens is 667 g/mol. The van der Waals surface area contributed by atoms with Gasteiger partial charge in [0.25, 0.3) is 0 Å². The Morgan fingerprint density at radius 3 is 2.29 bits per heavy atom. The zero-order valence-corrected chi connectivity index (χ0v) is 34.6. The topological polar surface area (TPSA) is 90.0 Å². The second kappa shape index (κ2) is 13.6. The smallest absolute Gasteiger partial charge is 0.306 e. The van der Waals surface area contributed by atoms with E-state index in [2.05, 4.69) is 70.5 Å². The largest absolute Gasteiger partial charge is 0.481 e. The molecule has 1 saturated heterocycles. The van der Waals surface area contributed by atoms with E-state index in [1.165, 1.54) is 74.3 Å². The van der Waals surface area contributed by atoms with Gasteiger partial charge in [-0.1, -0.05) is 58.9 Å². The van der Waals surface area contributed by atoms with Crippen LogP contribution in [0.4, 0.5) is 0 Å². The van der Waals surface area contributed by atoms with Gasteiger partial charge < -0.3 is 10.4 Å².